The number of rotatable bonds is 3. The van der Waals surface area contributed by atoms with Crippen LogP contribution in [0, 0.1) is 11.8 Å². The highest BCUT2D eigenvalue weighted by Crippen LogP contribution is 2.26. The van der Waals surface area contributed by atoms with E-state index >= 15 is 0 Å². The van der Waals surface area contributed by atoms with Gasteiger partial charge in [-0.1, -0.05) is 23.4 Å². The third-order valence-electron chi connectivity index (χ3n) is 2.43. The molecule has 1 aliphatic rings. The number of aliphatic hydroxyl groups is 1. The Morgan fingerprint density at radius 3 is 2.72 bits per heavy atom. The third kappa shape index (κ3) is 3.24. The molecule has 2 N–H and O–H groups in total. The van der Waals surface area contributed by atoms with Gasteiger partial charge in [-0.15, -0.1) is 0 Å². The van der Waals surface area contributed by atoms with E-state index in [0.717, 1.165) is 12.8 Å². The van der Waals surface area contributed by atoms with Crippen LogP contribution in [0.15, 0.2) is 23.1 Å². The van der Waals surface area contributed by atoms with E-state index in [4.69, 9.17) is 16.7 Å². The van der Waals surface area contributed by atoms with Crippen molar-refractivity contribution in [2.75, 3.05) is 6.61 Å². The lowest BCUT2D eigenvalue weighted by atomic mass is 10.2. The number of hydrogen-bond acceptors (Lipinski definition) is 3. The van der Waals surface area contributed by atoms with Gasteiger partial charge in [0.25, 0.3) is 0 Å². The van der Waals surface area contributed by atoms with Crippen molar-refractivity contribution >= 4 is 21.6 Å². The van der Waals surface area contributed by atoms with Gasteiger partial charge < -0.3 is 5.11 Å². The van der Waals surface area contributed by atoms with Gasteiger partial charge in [0.05, 0.1) is 5.02 Å². The number of hydrogen-bond donors (Lipinski definition) is 2. The van der Waals surface area contributed by atoms with Crippen LogP contribution in [-0.2, 0) is 10.0 Å². The van der Waals surface area contributed by atoms with Crippen molar-refractivity contribution < 1.29 is 13.5 Å². The van der Waals surface area contributed by atoms with Gasteiger partial charge in [0.15, 0.2) is 0 Å². The first-order valence-electron chi connectivity index (χ1n) is 5.44. The Balaban J connectivity index is 2.28. The number of aliphatic hydroxyl groups excluding tert-OH is 1. The van der Waals surface area contributed by atoms with Crippen LogP contribution in [0.3, 0.4) is 0 Å². The SMILES string of the molecule is O=S(=O)(NC1CC1)c1ccc(C#CCO)cc1Cl. The van der Waals surface area contributed by atoms with Crippen molar-refractivity contribution in [3.8, 4) is 11.8 Å². The molecule has 0 amide bonds. The van der Waals surface area contributed by atoms with Crippen molar-refractivity contribution in [1.29, 1.82) is 0 Å². The van der Waals surface area contributed by atoms with Gasteiger partial charge in [-0.2, -0.15) is 0 Å². The molecule has 1 saturated carbocycles. The predicted octanol–water partition coefficient (Wildman–Crippen LogP) is 1.12. The molecule has 1 aromatic carbocycles. The zero-order valence-electron chi connectivity index (χ0n) is 9.48. The zero-order valence-corrected chi connectivity index (χ0v) is 11.1. The standard InChI is InChI=1S/C12H12ClNO3S/c13-11-8-9(2-1-7-15)3-6-12(11)18(16,17)14-10-4-5-10/h3,6,8,10,14-15H,4-5,7H2. The minimum Gasteiger partial charge on any atom is -0.384 e. The second-order valence-electron chi connectivity index (χ2n) is 4.00. The maximum absolute atomic E-state index is 12.0. The molecule has 2 rings (SSSR count). The Labute approximate surface area is 111 Å². The Bertz CT molecular complexity index is 612. The average molecular weight is 286 g/mol. The first-order valence-corrected chi connectivity index (χ1v) is 7.30. The van der Waals surface area contributed by atoms with Crippen molar-refractivity contribution in [1.82, 2.24) is 4.72 Å². The van der Waals surface area contributed by atoms with Crippen LogP contribution < -0.4 is 4.72 Å². The molecule has 0 unspecified atom stereocenters. The fourth-order valence-electron chi connectivity index (χ4n) is 1.42. The highest BCUT2D eigenvalue weighted by Gasteiger charge is 2.29. The molecule has 0 aromatic heterocycles. The largest absolute Gasteiger partial charge is 0.384 e. The van der Waals surface area contributed by atoms with E-state index < -0.39 is 10.0 Å². The molecule has 1 aromatic rings. The molecule has 0 atom stereocenters. The quantitative estimate of drug-likeness (QED) is 0.818. The van der Waals surface area contributed by atoms with Gasteiger partial charge >= 0.3 is 0 Å². The van der Waals surface area contributed by atoms with Gasteiger partial charge in [-0.05, 0) is 31.0 Å². The van der Waals surface area contributed by atoms with Crippen LogP contribution in [-0.4, -0.2) is 26.2 Å². The van der Waals surface area contributed by atoms with Crippen LogP contribution in [0.4, 0.5) is 0 Å². The summed E-state index contributed by atoms with van der Waals surface area (Å²) in [6, 6.07) is 4.51. The summed E-state index contributed by atoms with van der Waals surface area (Å²) < 4.78 is 26.5. The fraction of sp³-hybridized carbons (Fsp3) is 0.333. The van der Waals surface area contributed by atoms with Crippen LogP contribution in [0.2, 0.25) is 5.02 Å². The molecule has 0 spiro atoms. The molecular weight excluding hydrogens is 274 g/mol. The second-order valence-corrected chi connectivity index (χ2v) is 6.09. The van der Waals surface area contributed by atoms with Gasteiger partial charge in [0, 0.05) is 11.6 Å². The monoisotopic (exact) mass is 285 g/mol. The average Bonchev–Trinajstić information content (AvgIpc) is 3.09. The van der Waals surface area contributed by atoms with E-state index in [2.05, 4.69) is 16.6 Å². The summed E-state index contributed by atoms with van der Waals surface area (Å²) >= 11 is 5.95. The van der Waals surface area contributed by atoms with Crippen LogP contribution in [0.25, 0.3) is 0 Å². The molecule has 1 aliphatic carbocycles. The van der Waals surface area contributed by atoms with Crippen LogP contribution in [0.5, 0.6) is 0 Å². The summed E-state index contributed by atoms with van der Waals surface area (Å²) in [5, 5.41) is 8.71. The van der Waals surface area contributed by atoms with E-state index in [1.54, 1.807) is 6.07 Å². The lowest BCUT2D eigenvalue weighted by molar-refractivity contribution is 0.350. The second kappa shape index (κ2) is 5.29. The molecule has 0 radical (unpaired) electrons. The lowest BCUT2D eigenvalue weighted by Gasteiger charge is -2.07. The molecule has 0 aliphatic heterocycles. The molecule has 96 valence electrons. The maximum atomic E-state index is 12.0. The van der Waals surface area contributed by atoms with Crippen LogP contribution >= 0.6 is 11.6 Å². The number of sulfonamides is 1. The fourth-order valence-corrected chi connectivity index (χ4v) is 3.27. The minimum atomic E-state index is -3.54. The summed E-state index contributed by atoms with van der Waals surface area (Å²) in [6.07, 6.45) is 1.74. The molecule has 0 saturated heterocycles. The molecule has 4 nitrogen and oxygen atoms in total. The lowest BCUT2D eigenvalue weighted by Crippen LogP contribution is -2.25. The summed E-state index contributed by atoms with van der Waals surface area (Å²) in [5.41, 5.74) is 0.569. The Morgan fingerprint density at radius 2 is 2.17 bits per heavy atom. The van der Waals surface area contributed by atoms with Gasteiger partial charge in [-0.3, -0.25) is 0 Å². The highest BCUT2D eigenvalue weighted by atomic mass is 35.5. The Kier molecular flexibility index (Phi) is 3.93. The van der Waals surface area contributed by atoms with Crippen molar-refractivity contribution in [3.05, 3.63) is 28.8 Å². The van der Waals surface area contributed by atoms with Crippen LogP contribution in [0.1, 0.15) is 18.4 Å². The Morgan fingerprint density at radius 1 is 1.44 bits per heavy atom. The smallest absolute Gasteiger partial charge is 0.242 e. The summed E-state index contributed by atoms with van der Waals surface area (Å²) in [6.45, 7) is -0.249. The van der Waals surface area contributed by atoms with Crippen molar-refractivity contribution in [2.24, 2.45) is 0 Å². The van der Waals surface area contributed by atoms with Crippen molar-refractivity contribution in [2.45, 2.75) is 23.8 Å². The van der Waals surface area contributed by atoms with Gasteiger partial charge in [-0.25, -0.2) is 13.1 Å². The number of nitrogens with one attached hydrogen (secondary N) is 1. The molecule has 0 bridgehead atoms. The van der Waals surface area contributed by atoms with Gasteiger partial charge in [0.2, 0.25) is 10.0 Å². The summed E-state index contributed by atoms with van der Waals surface area (Å²) in [5.74, 6) is 5.14. The van der Waals surface area contributed by atoms with E-state index in [1.165, 1.54) is 12.1 Å². The van der Waals surface area contributed by atoms with E-state index in [-0.39, 0.29) is 22.6 Å². The van der Waals surface area contributed by atoms with Crippen molar-refractivity contribution in [3.63, 3.8) is 0 Å². The number of benzene rings is 1. The van der Waals surface area contributed by atoms with E-state index in [9.17, 15) is 8.42 Å². The summed E-state index contributed by atoms with van der Waals surface area (Å²) in [4.78, 5) is 0.0608. The Hall–Kier alpha value is -1.06. The normalized spacial score (nSPS) is 15.0. The molecule has 0 heterocycles. The van der Waals surface area contributed by atoms with Gasteiger partial charge in [0.1, 0.15) is 11.5 Å². The topological polar surface area (TPSA) is 66.4 Å². The first-order chi connectivity index (χ1) is 8.53. The predicted molar refractivity (Wildman–Crippen MR) is 68.8 cm³/mol. The molecule has 18 heavy (non-hydrogen) atoms. The first kappa shape index (κ1) is 13.4. The molecule has 1 fully saturated rings. The third-order valence-corrected chi connectivity index (χ3v) is 4.44. The molecule has 6 heteroatoms. The summed E-state index contributed by atoms with van der Waals surface area (Å²) in [7, 11) is -3.54. The van der Waals surface area contributed by atoms with E-state index in [1.807, 2.05) is 0 Å². The zero-order chi connectivity index (χ0) is 13.2. The highest BCUT2D eigenvalue weighted by molar-refractivity contribution is 7.89. The molecular formula is C12H12ClNO3S. The maximum Gasteiger partial charge on any atom is 0.242 e. The van der Waals surface area contributed by atoms with E-state index in [0.29, 0.717) is 5.56 Å². The number of halogens is 1. The minimum absolute atomic E-state index is 0.0416.